The number of halogens is 1. The molecule has 2 N–H and O–H groups in total. The summed E-state index contributed by atoms with van der Waals surface area (Å²) in [6.45, 7) is 0.759. The summed E-state index contributed by atoms with van der Waals surface area (Å²) >= 11 is 6.17. The number of aliphatic hydroxyl groups is 1. The van der Waals surface area contributed by atoms with Gasteiger partial charge in [0.1, 0.15) is 5.69 Å². The largest absolute Gasteiger partial charge is 0.389 e. The Balaban J connectivity index is 2.00. The average Bonchev–Trinajstić information content (AvgIpc) is 2.63. The number of amides is 1. The van der Waals surface area contributed by atoms with Crippen LogP contribution in [0.5, 0.6) is 0 Å². The number of nitrogens with zero attached hydrogens (tertiary/aromatic N) is 1. The van der Waals surface area contributed by atoms with Crippen LogP contribution >= 0.6 is 11.6 Å². The first-order valence-electron chi connectivity index (χ1n) is 5.40. The van der Waals surface area contributed by atoms with E-state index in [4.69, 9.17) is 11.6 Å². The Labute approximate surface area is 103 Å². The van der Waals surface area contributed by atoms with Crippen LogP contribution in [0, 0.1) is 0 Å². The zero-order valence-corrected chi connectivity index (χ0v) is 9.74. The molecule has 1 aromatic carbocycles. The summed E-state index contributed by atoms with van der Waals surface area (Å²) in [7, 11) is 0. The number of carbonyl (C=O) groups is 1. The van der Waals surface area contributed by atoms with Gasteiger partial charge in [0.25, 0.3) is 5.91 Å². The molecule has 1 aromatic heterocycles. The fourth-order valence-corrected chi connectivity index (χ4v) is 2.33. The molecule has 1 aliphatic rings. The normalized spacial score (nSPS) is 16.2. The molecule has 0 aliphatic carbocycles. The molecule has 0 spiro atoms. The fraction of sp³-hybridized carbons (Fsp3) is 0.250. The first-order chi connectivity index (χ1) is 8.16. The van der Waals surface area contributed by atoms with Gasteiger partial charge in [-0.2, -0.15) is 0 Å². The number of carbonyl (C=O) groups excluding carboxylic acids is 1. The Morgan fingerprint density at radius 1 is 1.41 bits per heavy atom. The van der Waals surface area contributed by atoms with Crippen molar-refractivity contribution < 1.29 is 9.90 Å². The van der Waals surface area contributed by atoms with E-state index in [1.54, 1.807) is 4.90 Å². The number of fused-ring (bicyclic) bond motifs is 1. The van der Waals surface area contributed by atoms with Crippen molar-refractivity contribution in [3.05, 3.63) is 35.0 Å². The number of para-hydroxylation sites is 1. The Kier molecular flexibility index (Phi) is 2.34. The topological polar surface area (TPSA) is 56.3 Å². The van der Waals surface area contributed by atoms with Crippen LogP contribution in [0.4, 0.5) is 0 Å². The van der Waals surface area contributed by atoms with Gasteiger partial charge in [-0.25, -0.2) is 0 Å². The van der Waals surface area contributed by atoms with Crippen LogP contribution in [0.25, 0.3) is 10.9 Å². The highest BCUT2D eigenvalue weighted by Gasteiger charge is 2.31. The number of aromatic amines is 1. The molecule has 0 atom stereocenters. The molecule has 2 heterocycles. The van der Waals surface area contributed by atoms with Crippen LogP contribution in [0.2, 0.25) is 5.02 Å². The first-order valence-corrected chi connectivity index (χ1v) is 5.78. The lowest BCUT2D eigenvalue weighted by Crippen LogP contribution is -2.53. The van der Waals surface area contributed by atoms with Gasteiger partial charge < -0.3 is 15.0 Å². The van der Waals surface area contributed by atoms with Crippen molar-refractivity contribution in [1.29, 1.82) is 0 Å². The highest BCUT2D eigenvalue weighted by atomic mass is 35.5. The molecule has 0 unspecified atom stereocenters. The lowest BCUT2D eigenvalue weighted by molar-refractivity contribution is 0.00558. The van der Waals surface area contributed by atoms with Crippen LogP contribution in [0.1, 0.15) is 10.5 Å². The van der Waals surface area contributed by atoms with Gasteiger partial charge in [-0.15, -0.1) is 0 Å². The molecular weight excluding hydrogens is 240 g/mol. The van der Waals surface area contributed by atoms with E-state index in [-0.39, 0.29) is 5.91 Å². The standard InChI is InChI=1S/C12H11ClN2O2/c13-10-8-3-1-2-4-9(8)14-11(10)12(17)15-5-7(16)6-15/h1-4,7,14,16H,5-6H2. The summed E-state index contributed by atoms with van der Waals surface area (Å²) in [5.74, 6) is -0.156. The Morgan fingerprint density at radius 2 is 2.12 bits per heavy atom. The van der Waals surface area contributed by atoms with Crippen molar-refractivity contribution in [2.75, 3.05) is 13.1 Å². The number of nitrogens with one attached hydrogen (secondary N) is 1. The maximum absolute atomic E-state index is 12.1. The number of rotatable bonds is 1. The SMILES string of the molecule is O=C(c1[nH]c2ccccc2c1Cl)N1CC(O)C1. The lowest BCUT2D eigenvalue weighted by Gasteiger charge is -2.35. The molecule has 1 fully saturated rings. The van der Waals surface area contributed by atoms with E-state index in [2.05, 4.69) is 4.98 Å². The molecule has 1 amide bonds. The quantitative estimate of drug-likeness (QED) is 0.808. The Morgan fingerprint density at radius 3 is 2.76 bits per heavy atom. The second-order valence-corrected chi connectivity index (χ2v) is 4.60. The minimum absolute atomic E-state index is 0.156. The van der Waals surface area contributed by atoms with E-state index >= 15 is 0 Å². The highest BCUT2D eigenvalue weighted by Crippen LogP contribution is 2.28. The molecule has 4 nitrogen and oxygen atoms in total. The second-order valence-electron chi connectivity index (χ2n) is 4.22. The van der Waals surface area contributed by atoms with Crippen LogP contribution in [-0.4, -0.2) is 40.1 Å². The maximum atomic E-state index is 12.1. The predicted octanol–water partition coefficient (Wildman–Crippen LogP) is 1.64. The van der Waals surface area contributed by atoms with Gasteiger partial charge in [-0.3, -0.25) is 4.79 Å². The van der Waals surface area contributed by atoms with E-state index in [1.807, 2.05) is 24.3 Å². The minimum atomic E-state index is -0.401. The molecular formula is C12H11ClN2O2. The predicted molar refractivity (Wildman–Crippen MR) is 65.2 cm³/mol. The van der Waals surface area contributed by atoms with Gasteiger partial charge in [0.05, 0.1) is 11.1 Å². The van der Waals surface area contributed by atoms with Crippen molar-refractivity contribution in [2.45, 2.75) is 6.10 Å². The summed E-state index contributed by atoms with van der Waals surface area (Å²) in [6, 6.07) is 7.51. The Bertz CT molecular complexity index is 587. The molecule has 2 aromatic rings. The number of β-amino-alcohol motifs (C(OH)–C–C–N with tert-alkyl or cyclic N) is 1. The van der Waals surface area contributed by atoms with Crippen LogP contribution < -0.4 is 0 Å². The molecule has 0 radical (unpaired) electrons. The van der Waals surface area contributed by atoms with Gasteiger partial charge >= 0.3 is 0 Å². The number of hydrogen-bond donors (Lipinski definition) is 2. The molecule has 3 rings (SSSR count). The maximum Gasteiger partial charge on any atom is 0.272 e. The number of hydrogen-bond acceptors (Lipinski definition) is 2. The zero-order valence-electron chi connectivity index (χ0n) is 8.98. The summed E-state index contributed by atoms with van der Waals surface area (Å²) in [5, 5.41) is 10.5. The van der Waals surface area contributed by atoms with Crippen molar-refractivity contribution in [2.24, 2.45) is 0 Å². The van der Waals surface area contributed by atoms with Crippen molar-refractivity contribution in [3.63, 3.8) is 0 Å². The zero-order chi connectivity index (χ0) is 12.0. The molecule has 17 heavy (non-hydrogen) atoms. The molecule has 88 valence electrons. The summed E-state index contributed by atoms with van der Waals surface area (Å²) in [5.41, 5.74) is 1.25. The number of benzene rings is 1. The van der Waals surface area contributed by atoms with Crippen LogP contribution in [0.15, 0.2) is 24.3 Å². The van der Waals surface area contributed by atoms with Crippen molar-refractivity contribution in [3.8, 4) is 0 Å². The molecule has 5 heteroatoms. The van der Waals surface area contributed by atoms with Gasteiger partial charge in [-0.1, -0.05) is 29.8 Å². The lowest BCUT2D eigenvalue weighted by atomic mass is 10.1. The number of H-pyrrole nitrogens is 1. The molecule has 1 aliphatic heterocycles. The molecule has 0 saturated carbocycles. The van der Waals surface area contributed by atoms with E-state index in [1.165, 1.54) is 0 Å². The van der Waals surface area contributed by atoms with E-state index in [0.29, 0.717) is 23.8 Å². The highest BCUT2D eigenvalue weighted by molar-refractivity contribution is 6.38. The van der Waals surface area contributed by atoms with Gasteiger partial charge in [0.15, 0.2) is 0 Å². The van der Waals surface area contributed by atoms with Gasteiger partial charge in [0, 0.05) is 24.0 Å². The van der Waals surface area contributed by atoms with Gasteiger partial charge in [-0.05, 0) is 6.07 Å². The summed E-state index contributed by atoms with van der Waals surface area (Å²) < 4.78 is 0. The van der Waals surface area contributed by atoms with E-state index < -0.39 is 6.10 Å². The third-order valence-electron chi connectivity index (χ3n) is 3.01. The second kappa shape index (κ2) is 3.75. The van der Waals surface area contributed by atoms with Crippen molar-refractivity contribution in [1.82, 2.24) is 9.88 Å². The number of likely N-dealkylation sites (tertiary alicyclic amines) is 1. The number of aliphatic hydroxyl groups excluding tert-OH is 1. The van der Waals surface area contributed by atoms with E-state index in [0.717, 1.165) is 10.9 Å². The molecule has 1 saturated heterocycles. The van der Waals surface area contributed by atoms with E-state index in [9.17, 15) is 9.90 Å². The van der Waals surface area contributed by atoms with Crippen molar-refractivity contribution >= 4 is 28.4 Å². The third kappa shape index (κ3) is 1.61. The number of aromatic nitrogens is 1. The fourth-order valence-electron chi connectivity index (χ4n) is 2.03. The van der Waals surface area contributed by atoms with Gasteiger partial charge in [0.2, 0.25) is 0 Å². The summed E-state index contributed by atoms with van der Waals surface area (Å²) in [4.78, 5) is 16.7. The minimum Gasteiger partial charge on any atom is -0.389 e. The van der Waals surface area contributed by atoms with Crippen LogP contribution in [-0.2, 0) is 0 Å². The Hall–Kier alpha value is -1.52. The monoisotopic (exact) mass is 250 g/mol. The first kappa shape index (κ1) is 10.6. The molecule has 0 bridgehead atoms. The third-order valence-corrected chi connectivity index (χ3v) is 3.40. The average molecular weight is 251 g/mol. The van der Waals surface area contributed by atoms with Crippen LogP contribution in [0.3, 0.4) is 0 Å². The summed E-state index contributed by atoms with van der Waals surface area (Å²) in [6.07, 6.45) is -0.401. The smallest absolute Gasteiger partial charge is 0.272 e.